The van der Waals surface area contributed by atoms with Crippen molar-refractivity contribution in [3.8, 4) is 0 Å². The number of aromatic nitrogens is 2. The summed E-state index contributed by atoms with van der Waals surface area (Å²) in [6, 6.07) is 10.3. The van der Waals surface area contributed by atoms with E-state index >= 15 is 0 Å². The summed E-state index contributed by atoms with van der Waals surface area (Å²) < 4.78 is 2.77. The Labute approximate surface area is 127 Å². The van der Waals surface area contributed by atoms with Crippen LogP contribution in [-0.2, 0) is 18.3 Å². The lowest BCUT2D eigenvalue weighted by Crippen LogP contribution is -2.10. The smallest absolute Gasteiger partial charge is 0.142 e. The molecule has 0 amide bonds. The summed E-state index contributed by atoms with van der Waals surface area (Å²) in [7, 11) is 1.89. The Hall–Kier alpha value is -1.42. The molecule has 0 aliphatic heterocycles. The van der Waals surface area contributed by atoms with Crippen LogP contribution in [0, 0.1) is 12.8 Å². The fourth-order valence-electron chi connectivity index (χ4n) is 2.79. The fraction of sp³-hybridized carbons (Fsp3) is 0.375. The number of carbonyl (C=O) groups excluding carboxylic acids is 1. The number of nitrogens with zero attached hydrogens (tertiary/aromatic N) is 2. The van der Waals surface area contributed by atoms with Crippen LogP contribution in [0.5, 0.6) is 0 Å². The van der Waals surface area contributed by atoms with E-state index in [0.29, 0.717) is 18.1 Å². The molecule has 2 atom stereocenters. The molecule has 104 valence electrons. The SMILES string of the molecule is Cc1nn(C)c(CC(=O)C2CC2c2ccccc2)c1Br. The highest BCUT2D eigenvalue weighted by atomic mass is 79.9. The Morgan fingerprint density at radius 3 is 2.70 bits per heavy atom. The van der Waals surface area contributed by atoms with E-state index in [-0.39, 0.29) is 5.92 Å². The maximum absolute atomic E-state index is 12.4. The van der Waals surface area contributed by atoms with Gasteiger partial charge in [0.25, 0.3) is 0 Å². The molecule has 4 heteroatoms. The molecule has 1 aromatic heterocycles. The lowest BCUT2D eigenvalue weighted by molar-refractivity contribution is -0.119. The van der Waals surface area contributed by atoms with Gasteiger partial charge in [-0.2, -0.15) is 5.10 Å². The fourth-order valence-corrected chi connectivity index (χ4v) is 3.26. The highest BCUT2D eigenvalue weighted by molar-refractivity contribution is 9.10. The zero-order valence-corrected chi connectivity index (χ0v) is 13.2. The number of ketones is 1. The van der Waals surface area contributed by atoms with Gasteiger partial charge in [-0.15, -0.1) is 0 Å². The number of carbonyl (C=O) groups is 1. The molecule has 0 spiro atoms. The minimum atomic E-state index is 0.180. The van der Waals surface area contributed by atoms with E-state index in [1.165, 1.54) is 5.56 Å². The summed E-state index contributed by atoms with van der Waals surface area (Å²) in [5, 5.41) is 4.34. The van der Waals surface area contributed by atoms with Crippen molar-refractivity contribution < 1.29 is 4.79 Å². The van der Waals surface area contributed by atoms with Crippen LogP contribution in [-0.4, -0.2) is 15.6 Å². The van der Waals surface area contributed by atoms with Gasteiger partial charge in [0, 0.05) is 19.4 Å². The standard InChI is InChI=1S/C16H17BrN2O/c1-10-16(17)14(19(2)18-10)9-15(20)13-8-12(13)11-6-4-3-5-7-11/h3-7,12-13H,8-9H2,1-2H3. The second-order valence-electron chi connectivity index (χ2n) is 5.47. The minimum absolute atomic E-state index is 0.180. The van der Waals surface area contributed by atoms with Gasteiger partial charge in [0.15, 0.2) is 0 Å². The Kier molecular flexibility index (Phi) is 3.50. The van der Waals surface area contributed by atoms with Crippen LogP contribution in [0.25, 0.3) is 0 Å². The van der Waals surface area contributed by atoms with Crippen LogP contribution >= 0.6 is 15.9 Å². The van der Waals surface area contributed by atoms with Gasteiger partial charge in [-0.1, -0.05) is 30.3 Å². The minimum Gasteiger partial charge on any atom is -0.299 e. The number of Topliss-reactive ketones (excluding diaryl/α,β-unsaturated/α-hetero) is 1. The van der Waals surface area contributed by atoms with Gasteiger partial charge in [-0.3, -0.25) is 9.48 Å². The Bertz CT molecular complexity index is 648. The van der Waals surface area contributed by atoms with Crippen LogP contribution in [0.4, 0.5) is 0 Å². The average molecular weight is 333 g/mol. The molecular weight excluding hydrogens is 316 g/mol. The summed E-state index contributed by atoms with van der Waals surface area (Å²) in [5.41, 5.74) is 3.20. The van der Waals surface area contributed by atoms with Crippen LogP contribution in [0.1, 0.15) is 29.3 Å². The van der Waals surface area contributed by atoms with E-state index < -0.39 is 0 Å². The largest absolute Gasteiger partial charge is 0.299 e. The van der Waals surface area contributed by atoms with E-state index in [1.807, 2.05) is 32.2 Å². The predicted molar refractivity (Wildman–Crippen MR) is 81.6 cm³/mol. The maximum Gasteiger partial charge on any atom is 0.142 e. The number of aryl methyl sites for hydroxylation is 2. The molecule has 0 radical (unpaired) electrons. The zero-order valence-electron chi connectivity index (χ0n) is 11.6. The molecule has 3 rings (SSSR count). The van der Waals surface area contributed by atoms with E-state index in [4.69, 9.17) is 0 Å². The predicted octanol–water partition coefficient (Wildman–Crippen LogP) is 3.41. The summed E-state index contributed by atoms with van der Waals surface area (Å²) in [5.74, 6) is 0.916. The first-order chi connectivity index (χ1) is 9.58. The highest BCUT2D eigenvalue weighted by Gasteiger charge is 2.43. The van der Waals surface area contributed by atoms with Crippen LogP contribution in [0.15, 0.2) is 34.8 Å². The van der Waals surface area contributed by atoms with Crippen molar-refractivity contribution in [3.63, 3.8) is 0 Å². The number of hydrogen-bond acceptors (Lipinski definition) is 2. The second kappa shape index (κ2) is 5.17. The molecule has 2 unspecified atom stereocenters. The molecule has 1 aromatic carbocycles. The Balaban J connectivity index is 1.70. The highest BCUT2D eigenvalue weighted by Crippen LogP contribution is 2.48. The quantitative estimate of drug-likeness (QED) is 0.859. The third-order valence-electron chi connectivity index (χ3n) is 4.04. The van der Waals surface area contributed by atoms with Crippen molar-refractivity contribution in [1.29, 1.82) is 0 Å². The molecule has 1 aliphatic rings. The van der Waals surface area contributed by atoms with Crippen LogP contribution in [0.2, 0.25) is 0 Å². The lowest BCUT2D eigenvalue weighted by atomic mass is 10.1. The lowest BCUT2D eigenvalue weighted by Gasteiger charge is -2.03. The number of rotatable bonds is 4. The van der Waals surface area contributed by atoms with Crippen molar-refractivity contribution in [3.05, 3.63) is 51.8 Å². The van der Waals surface area contributed by atoms with Crippen molar-refractivity contribution in [2.75, 3.05) is 0 Å². The first-order valence-corrected chi connectivity index (χ1v) is 7.63. The summed E-state index contributed by atoms with van der Waals surface area (Å²) >= 11 is 3.52. The van der Waals surface area contributed by atoms with Gasteiger partial charge >= 0.3 is 0 Å². The third kappa shape index (κ3) is 2.44. The molecule has 1 fully saturated rings. The summed E-state index contributed by atoms with van der Waals surface area (Å²) in [4.78, 5) is 12.4. The molecule has 0 N–H and O–H groups in total. The van der Waals surface area contributed by atoms with Gasteiger partial charge in [0.05, 0.1) is 15.9 Å². The van der Waals surface area contributed by atoms with E-state index in [9.17, 15) is 4.79 Å². The summed E-state index contributed by atoms with van der Waals surface area (Å²) in [6.45, 7) is 1.95. The zero-order chi connectivity index (χ0) is 14.3. The molecule has 1 heterocycles. The average Bonchev–Trinajstić information content (AvgIpc) is 3.20. The Morgan fingerprint density at radius 1 is 1.40 bits per heavy atom. The molecule has 20 heavy (non-hydrogen) atoms. The Morgan fingerprint density at radius 2 is 2.10 bits per heavy atom. The van der Waals surface area contributed by atoms with Gasteiger partial charge < -0.3 is 0 Å². The van der Waals surface area contributed by atoms with E-state index in [0.717, 1.165) is 22.3 Å². The van der Waals surface area contributed by atoms with Crippen molar-refractivity contribution >= 4 is 21.7 Å². The monoisotopic (exact) mass is 332 g/mol. The topological polar surface area (TPSA) is 34.9 Å². The van der Waals surface area contributed by atoms with E-state index in [2.05, 4.69) is 33.2 Å². The van der Waals surface area contributed by atoms with Crippen LogP contribution in [0.3, 0.4) is 0 Å². The van der Waals surface area contributed by atoms with Gasteiger partial charge in [-0.05, 0) is 40.8 Å². The van der Waals surface area contributed by atoms with Gasteiger partial charge in [0.2, 0.25) is 0 Å². The first-order valence-electron chi connectivity index (χ1n) is 6.83. The van der Waals surface area contributed by atoms with Crippen molar-refractivity contribution in [1.82, 2.24) is 9.78 Å². The molecular formula is C16H17BrN2O. The normalized spacial score (nSPS) is 20.9. The number of halogens is 1. The molecule has 2 aromatic rings. The molecule has 0 bridgehead atoms. The van der Waals surface area contributed by atoms with Crippen LogP contribution < -0.4 is 0 Å². The molecule has 3 nitrogen and oxygen atoms in total. The summed E-state index contributed by atoms with van der Waals surface area (Å²) in [6.07, 6.45) is 1.45. The first kappa shape index (κ1) is 13.6. The molecule has 0 saturated heterocycles. The molecule has 1 saturated carbocycles. The maximum atomic E-state index is 12.4. The second-order valence-corrected chi connectivity index (χ2v) is 6.27. The van der Waals surface area contributed by atoms with Crippen molar-refractivity contribution in [2.45, 2.75) is 25.7 Å². The number of hydrogen-bond donors (Lipinski definition) is 0. The van der Waals surface area contributed by atoms with Gasteiger partial charge in [0.1, 0.15) is 5.78 Å². The number of benzene rings is 1. The van der Waals surface area contributed by atoms with E-state index in [1.54, 1.807) is 4.68 Å². The molecule has 1 aliphatic carbocycles. The third-order valence-corrected chi connectivity index (χ3v) is 5.07. The van der Waals surface area contributed by atoms with Gasteiger partial charge in [-0.25, -0.2) is 0 Å². The van der Waals surface area contributed by atoms with Crippen molar-refractivity contribution in [2.24, 2.45) is 13.0 Å².